The number of nitrogens with one attached hydrogen (secondary N) is 2. The van der Waals surface area contributed by atoms with Crippen molar-refractivity contribution in [2.24, 2.45) is 0 Å². The Labute approximate surface area is 147 Å². The molecule has 2 amide bonds. The molecule has 0 aliphatic carbocycles. The van der Waals surface area contributed by atoms with Gasteiger partial charge in [-0.3, -0.25) is 24.3 Å². The fraction of sp³-hybridized carbons (Fsp3) is 0.235. The molecule has 0 saturated carbocycles. The first-order valence-electron chi connectivity index (χ1n) is 7.88. The van der Waals surface area contributed by atoms with Gasteiger partial charge in [-0.2, -0.15) is 0 Å². The van der Waals surface area contributed by atoms with Crippen LogP contribution in [0.2, 0.25) is 0 Å². The molecule has 1 aromatic carbocycles. The van der Waals surface area contributed by atoms with E-state index in [1.165, 1.54) is 12.1 Å². The number of hydrogen-bond acceptors (Lipinski definition) is 6. The number of aromatic nitrogens is 1. The predicted octanol–water partition coefficient (Wildman–Crippen LogP) is 0.891. The molecule has 3 rings (SSSR count). The highest BCUT2D eigenvalue weighted by Gasteiger charge is 2.32. The van der Waals surface area contributed by atoms with Crippen molar-refractivity contribution in [3.63, 3.8) is 0 Å². The third-order valence-corrected chi connectivity index (χ3v) is 4.00. The number of halogens is 1. The number of anilines is 2. The van der Waals surface area contributed by atoms with E-state index in [0.717, 1.165) is 10.6 Å². The number of imide groups is 1. The summed E-state index contributed by atoms with van der Waals surface area (Å²) in [5.74, 6) is -2.41. The Bertz CT molecular complexity index is 955. The van der Waals surface area contributed by atoms with E-state index < -0.39 is 23.2 Å². The molecule has 0 atom stereocenters. The topological polar surface area (TPSA) is 115 Å². The molecular weight excluding hydrogens is 343 g/mol. The highest BCUT2D eigenvalue weighted by molar-refractivity contribution is 6.23. The number of hydrogen-bond donors (Lipinski definition) is 3. The third kappa shape index (κ3) is 2.93. The molecular formula is C17H17FN4O4. The van der Waals surface area contributed by atoms with Gasteiger partial charge in [0.25, 0.3) is 17.4 Å². The summed E-state index contributed by atoms with van der Waals surface area (Å²) in [6.07, 6.45) is 0.665. The molecule has 0 unspecified atom stereocenters. The predicted molar refractivity (Wildman–Crippen MR) is 93.2 cm³/mol. The zero-order chi connectivity index (χ0) is 18.8. The lowest BCUT2D eigenvalue weighted by molar-refractivity contribution is 0.0880. The molecule has 0 spiro atoms. The summed E-state index contributed by atoms with van der Waals surface area (Å²) < 4.78 is 20.4. The highest BCUT2D eigenvalue weighted by Crippen LogP contribution is 2.28. The van der Waals surface area contributed by atoms with Gasteiger partial charge < -0.3 is 15.8 Å². The molecule has 2 aromatic rings. The molecule has 8 nitrogen and oxygen atoms in total. The number of methoxy groups -OCH3 is 1. The van der Waals surface area contributed by atoms with Crippen LogP contribution in [-0.4, -0.2) is 36.6 Å². The van der Waals surface area contributed by atoms with E-state index in [9.17, 15) is 18.8 Å². The van der Waals surface area contributed by atoms with Gasteiger partial charge in [-0.05, 0) is 18.6 Å². The average molecular weight is 360 g/mol. The van der Waals surface area contributed by atoms with Crippen molar-refractivity contribution in [1.82, 2.24) is 9.88 Å². The van der Waals surface area contributed by atoms with E-state index in [4.69, 9.17) is 10.5 Å². The Morgan fingerprint density at radius 1 is 1.27 bits per heavy atom. The minimum absolute atomic E-state index is 0.109. The standard InChI is InChI=1S/C17H17FN4O4/c1-26-7-3-6-20-11-5-2-4-10(18)14(11)22-12(23)8-9-13(15(22)19)17(25)21-16(9)24/h2,4-5,8,20H,3,6-7,19H2,1H3,(H,21,24,25). The quantitative estimate of drug-likeness (QED) is 0.521. The molecule has 1 aliphatic heterocycles. The van der Waals surface area contributed by atoms with E-state index in [1.807, 2.05) is 0 Å². The highest BCUT2D eigenvalue weighted by atomic mass is 19.1. The second-order valence-electron chi connectivity index (χ2n) is 5.68. The largest absolute Gasteiger partial charge is 0.385 e. The summed E-state index contributed by atoms with van der Waals surface area (Å²) in [4.78, 5) is 36.2. The van der Waals surface area contributed by atoms with Gasteiger partial charge in [0.05, 0.1) is 16.8 Å². The van der Waals surface area contributed by atoms with Crippen LogP contribution in [-0.2, 0) is 4.74 Å². The van der Waals surface area contributed by atoms with Gasteiger partial charge in [0, 0.05) is 26.3 Å². The smallest absolute Gasteiger partial charge is 0.262 e. The fourth-order valence-corrected chi connectivity index (χ4v) is 2.83. The van der Waals surface area contributed by atoms with Crippen molar-refractivity contribution in [2.75, 3.05) is 31.3 Å². The van der Waals surface area contributed by atoms with E-state index in [1.54, 1.807) is 13.2 Å². The third-order valence-electron chi connectivity index (χ3n) is 4.00. The monoisotopic (exact) mass is 360 g/mol. The van der Waals surface area contributed by atoms with Crippen molar-refractivity contribution in [2.45, 2.75) is 6.42 Å². The van der Waals surface area contributed by atoms with Crippen molar-refractivity contribution in [3.8, 4) is 5.69 Å². The zero-order valence-electron chi connectivity index (χ0n) is 14.0. The van der Waals surface area contributed by atoms with Gasteiger partial charge >= 0.3 is 0 Å². The number of amides is 2. The molecule has 9 heteroatoms. The molecule has 0 saturated heterocycles. The van der Waals surface area contributed by atoms with Gasteiger partial charge in [-0.15, -0.1) is 0 Å². The molecule has 136 valence electrons. The first-order chi connectivity index (χ1) is 12.5. The van der Waals surface area contributed by atoms with E-state index in [2.05, 4.69) is 10.6 Å². The van der Waals surface area contributed by atoms with E-state index in [-0.39, 0.29) is 22.6 Å². The van der Waals surface area contributed by atoms with Crippen LogP contribution < -0.4 is 21.9 Å². The van der Waals surface area contributed by atoms with Crippen LogP contribution >= 0.6 is 0 Å². The van der Waals surface area contributed by atoms with Gasteiger partial charge in [-0.1, -0.05) is 6.07 Å². The molecule has 2 heterocycles. The molecule has 0 fully saturated rings. The van der Waals surface area contributed by atoms with Crippen LogP contribution in [0.4, 0.5) is 15.9 Å². The molecule has 26 heavy (non-hydrogen) atoms. The van der Waals surface area contributed by atoms with E-state index >= 15 is 0 Å². The summed E-state index contributed by atoms with van der Waals surface area (Å²) in [6.45, 7) is 0.990. The van der Waals surface area contributed by atoms with Crippen LogP contribution in [0.3, 0.4) is 0 Å². The van der Waals surface area contributed by atoms with Crippen LogP contribution in [0, 0.1) is 5.82 Å². The Hall–Kier alpha value is -3.20. The number of fused-ring (bicyclic) bond motifs is 1. The van der Waals surface area contributed by atoms with Crippen LogP contribution in [0.15, 0.2) is 29.1 Å². The minimum Gasteiger partial charge on any atom is -0.385 e. The maximum atomic E-state index is 14.5. The van der Waals surface area contributed by atoms with Crippen LogP contribution in [0.25, 0.3) is 5.69 Å². The molecule has 1 aromatic heterocycles. The number of benzene rings is 1. The number of nitrogens with zero attached hydrogens (tertiary/aromatic N) is 1. The minimum atomic E-state index is -0.720. The first kappa shape index (κ1) is 17.6. The first-order valence-corrected chi connectivity index (χ1v) is 7.88. The average Bonchev–Trinajstić information content (AvgIpc) is 2.87. The number of para-hydroxylation sites is 1. The fourth-order valence-electron chi connectivity index (χ4n) is 2.83. The molecule has 0 radical (unpaired) electrons. The summed E-state index contributed by atoms with van der Waals surface area (Å²) >= 11 is 0. The molecule has 4 N–H and O–H groups in total. The molecule has 1 aliphatic rings. The summed E-state index contributed by atoms with van der Waals surface area (Å²) in [5, 5.41) is 5.10. The summed E-state index contributed by atoms with van der Waals surface area (Å²) in [5.41, 5.74) is 5.23. The Morgan fingerprint density at radius 3 is 2.77 bits per heavy atom. The lowest BCUT2D eigenvalue weighted by Gasteiger charge is -2.17. The van der Waals surface area contributed by atoms with Gasteiger partial charge in [0.2, 0.25) is 0 Å². The second kappa shape index (κ2) is 6.96. The second-order valence-corrected chi connectivity index (χ2v) is 5.68. The van der Waals surface area contributed by atoms with Gasteiger partial charge in [0.15, 0.2) is 0 Å². The number of carbonyl (C=O) groups excluding carboxylic acids is 2. The Morgan fingerprint density at radius 2 is 2.04 bits per heavy atom. The summed E-state index contributed by atoms with van der Waals surface area (Å²) in [6, 6.07) is 5.24. The number of pyridine rings is 1. The zero-order valence-corrected chi connectivity index (χ0v) is 14.0. The van der Waals surface area contributed by atoms with Crippen molar-refractivity contribution in [3.05, 3.63) is 51.6 Å². The van der Waals surface area contributed by atoms with Crippen LogP contribution in [0.5, 0.6) is 0 Å². The Kier molecular flexibility index (Phi) is 4.72. The number of nitrogen functional groups attached to an aromatic ring is 1. The lowest BCUT2D eigenvalue weighted by Crippen LogP contribution is -2.26. The number of rotatable bonds is 6. The van der Waals surface area contributed by atoms with Crippen molar-refractivity contribution in [1.29, 1.82) is 0 Å². The van der Waals surface area contributed by atoms with Gasteiger partial charge in [0.1, 0.15) is 17.3 Å². The van der Waals surface area contributed by atoms with Gasteiger partial charge in [-0.25, -0.2) is 4.39 Å². The van der Waals surface area contributed by atoms with Crippen LogP contribution in [0.1, 0.15) is 27.1 Å². The van der Waals surface area contributed by atoms with Crippen molar-refractivity contribution >= 4 is 23.3 Å². The SMILES string of the molecule is COCCCNc1cccc(F)c1-n1c(N)c2c(cc1=O)C(=O)NC2=O. The number of ether oxygens (including phenoxy) is 1. The number of carbonyl (C=O) groups is 2. The number of nitrogens with two attached hydrogens (primary N) is 1. The van der Waals surface area contributed by atoms with Crippen molar-refractivity contribution < 1.29 is 18.7 Å². The maximum Gasteiger partial charge on any atom is 0.262 e. The Balaban J connectivity index is 2.13. The lowest BCUT2D eigenvalue weighted by atomic mass is 10.1. The summed E-state index contributed by atoms with van der Waals surface area (Å²) in [7, 11) is 1.57. The molecule has 0 bridgehead atoms. The van der Waals surface area contributed by atoms with E-state index in [0.29, 0.717) is 25.3 Å². The maximum absolute atomic E-state index is 14.5. The normalized spacial score (nSPS) is 12.8.